The Morgan fingerprint density at radius 3 is 2.79 bits per heavy atom. The Hall–Kier alpha value is -2.07. The maximum Gasteiger partial charge on any atom is 0.124 e. The molecule has 1 aromatic heterocycles. The van der Waals surface area contributed by atoms with Gasteiger partial charge in [0.2, 0.25) is 0 Å². The highest BCUT2D eigenvalue weighted by Crippen LogP contribution is 2.22. The number of nitrogens with one attached hydrogen (secondary N) is 1. The summed E-state index contributed by atoms with van der Waals surface area (Å²) in [6, 6.07) is 10.9. The molecule has 0 spiro atoms. The molecule has 0 amide bonds. The SMILES string of the molecule is N=C(N)c1ccc(OCCc2ccccn2)cc1Cl. The minimum Gasteiger partial charge on any atom is -0.493 e. The van der Waals surface area contributed by atoms with E-state index >= 15 is 0 Å². The fourth-order valence-corrected chi connectivity index (χ4v) is 1.90. The van der Waals surface area contributed by atoms with E-state index in [1.165, 1.54) is 0 Å². The number of aromatic nitrogens is 1. The fourth-order valence-electron chi connectivity index (χ4n) is 1.62. The highest BCUT2D eigenvalue weighted by molar-refractivity contribution is 6.34. The Bertz CT molecular complexity index is 572. The lowest BCUT2D eigenvalue weighted by atomic mass is 10.2. The largest absolute Gasteiger partial charge is 0.493 e. The van der Waals surface area contributed by atoms with E-state index in [0.29, 0.717) is 22.9 Å². The summed E-state index contributed by atoms with van der Waals surface area (Å²) in [6.45, 7) is 0.521. The molecular formula is C14H14ClN3O. The normalized spacial score (nSPS) is 10.2. The van der Waals surface area contributed by atoms with Crippen LogP contribution in [0, 0.1) is 5.41 Å². The molecule has 4 nitrogen and oxygen atoms in total. The zero-order chi connectivity index (χ0) is 13.7. The van der Waals surface area contributed by atoms with Crippen molar-refractivity contribution >= 4 is 17.4 Å². The lowest BCUT2D eigenvalue weighted by Gasteiger charge is -2.08. The first-order chi connectivity index (χ1) is 9.16. The first-order valence-electron chi connectivity index (χ1n) is 5.83. The van der Waals surface area contributed by atoms with Crippen molar-refractivity contribution < 1.29 is 4.74 Å². The van der Waals surface area contributed by atoms with Crippen LogP contribution in [0.4, 0.5) is 0 Å². The second kappa shape index (κ2) is 6.20. The van der Waals surface area contributed by atoms with Crippen LogP contribution >= 0.6 is 11.6 Å². The number of amidine groups is 1. The average molecular weight is 276 g/mol. The topological polar surface area (TPSA) is 72.0 Å². The van der Waals surface area contributed by atoms with E-state index in [2.05, 4.69) is 4.98 Å². The second-order valence-corrected chi connectivity index (χ2v) is 4.38. The van der Waals surface area contributed by atoms with Gasteiger partial charge in [-0.3, -0.25) is 10.4 Å². The summed E-state index contributed by atoms with van der Waals surface area (Å²) < 4.78 is 5.59. The van der Waals surface area contributed by atoms with Crippen LogP contribution in [-0.2, 0) is 6.42 Å². The number of pyridine rings is 1. The van der Waals surface area contributed by atoms with Gasteiger partial charge >= 0.3 is 0 Å². The molecule has 0 saturated heterocycles. The fraction of sp³-hybridized carbons (Fsp3) is 0.143. The van der Waals surface area contributed by atoms with Gasteiger partial charge in [0.25, 0.3) is 0 Å². The number of halogens is 1. The molecule has 0 aliphatic carbocycles. The van der Waals surface area contributed by atoms with Crippen molar-refractivity contribution in [1.29, 1.82) is 5.41 Å². The van der Waals surface area contributed by atoms with Crippen molar-refractivity contribution in [2.24, 2.45) is 5.73 Å². The average Bonchev–Trinajstić information content (AvgIpc) is 2.39. The number of hydrogen-bond acceptors (Lipinski definition) is 3. The van der Waals surface area contributed by atoms with Crippen molar-refractivity contribution in [3.05, 3.63) is 58.9 Å². The number of ether oxygens (including phenoxy) is 1. The highest BCUT2D eigenvalue weighted by Gasteiger charge is 2.05. The summed E-state index contributed by atoms with van der Waals surface area (Å²) >= 11 is 6.01. The zero-order valence-electron chi connectivity index (χ0n) is 10.3. The summed E-state index contributed by atoms with van der Waals surface area (Å²) in [5.74, 6) is 0.607. The van der Waals surface area contributed by atoms with Crippen LogP contribution in [0.5, 0.6) is 5.75 Å². The van der Waals surface area contributed by atoms with E-state index in [1.54, 1.807) is 24.4 Å². The Balaban J connectivity index is 1.93. The van der Waals surface area contributed by atoms with E-state index in [4.69, 9.17) is 27.5 Å². The molecule has 0 aliphatic heterocycles. The molecule has 0 aliphatic rings. The van der Waals surface area contributed by atoms with Gasteiger partial charge in [-0.05, 0) is 30.3 Å². The minimum absolute atomic E-state index is 0.0509. The van der Waals surface area contributed by atoms with Crippen molar-refractivity contribution in [3.8, 4) is 5.75 Å². The second-order valence-electron chi connectivity index (χ2n) is 3.97. The molecule has 3 N–H and O–H groups in total. The number of nitrogens with zero attached hydrogens (tertiary/aromatic N) is 1. The van der Waals surface area contributed by atoms with Gasteiger partial charge in [0.1, 0.15) is 11.6 Å². The number of hydrogen-bond donors (Lipinski definition) is 2. The first kappa shape index (κ1) is 13.4. The van der Waals surface area contributed by atoms with Crippen LogP contribution in [0.25, 0.3) is 0 Å². The molecule has 5 heteroatoms. The summed E-state index contributed by atoms with van der Waals surface area (Å²) in [4.78, 5) is 4.21. The lowest BCUT2D eigenvalue weighted by molar-refractivity contribution is 0.320. The predicted octanol–water partition coefficient (Wildman–Crippen LogP) is 2.64. The highest BCUT2D eigenvalue weighted by atomic mass is 35.5. The molecule has 2 rings (SSSR count). The van der Waals surface area contributed by atoms with Gasteiger partial charge < -0.3 is 10.5 Å². The summed E-state index contributed by atoms with van der Waals surface area (Å²) in [5.41, 5.74) is 6.88. The molecule has 1 aromatic carbocycles. The summed E-state index contributed by atoms with van der Waals surface area (Å²) in [7, 11) is 0. The molecule has 0 bridgehead atoms. The van der Waals surface area contributed by atoms with Crippen LogP contribution in [0.2, 0.25) is 5.02 Å². The predicted molar refractivity (Wildman–Crippen MR) is 75.9 cm³/mol. The van der Waals surface area contributed by atoms with Gasteiger partial charge in [0, 0.05) is 23.9 Å². The van der Waals surface area contributed by atoms with Crippen molar-refractivity contribution in [2.75, 3.05) is 6.61 Å². The Labute approximate surface area is 116 Å². The van der Waals surface area contributed by atoms with Crippen LogP contribution in [0.1, 0.15) is 11.3 Å². The molecule has 0 fully saturated rings. The number of benzene rings is 1. The number of nitrogen functional groups attached to an aromatic ring is 1. The van der Waals surface area contributed by atoms with Crippen LogP contribution in [-0.4, -0.2) is 17.4 Å². The van der Waals surface area contributed by atoms with E-state index < -0.39 is 0 Å². The quantitative estimate of drug-likeness (QED) is 0.651. The molecule has 1 heterocycles. The third-order valence-electron chi connectivity index (χ3n) is 2.58. The Morgan fingerprint density at radius 2 is 2.16 bits per heavy atom. The maximum absolute atomic E-state index is 7.34. The van der Waals surface area contributed by atoms with Crippen molar-refractivity contribution in [1.82, 2.24) is 4.98 Å². The van der Waals surface area contributed by atoms with Gasteiger partial charge in [-0.15, -0.1) is 0 Å². The van der Waals surface area contributed by atoms with Gasteiger partial charge in [0.15, 0.2) is 0 Å². The third-order valence-corrected chi connectivity index (χ3v) is 2.90. The maximum atomic E-state index is 7.34. The minimum atomic E-state index is -0.0509. The van der Waals surface area contributed by atoms with Gasteiger partial charge in [-0.25, -0.2) is 0 Å². The van der Waals surface area contributed by atoms with E-state index in [1.807, 2.05) is 18.2 Å². The molecule has 2 aromatic rings. The molecular weight excluding hydrogens is 262 g/mol. The van der Waals surface area contributed by atoms with Crippen LogP contribution < -0.4 is 10.5 Å². The summed E-state index contributed by atoms with van der Waals surface area (Å²) in [5, 5.41) is 7.76. The van der Waals surface area contributed by atoms with Crippen LogP contribution in [0.3, 0.4) is 0 Å². The lowest BCUT2D eigenvalue weighted by Crippen LogP contribution is -2.11. The molecule has 0 atom stereocenters. The van der Waals surface area contributed by atoms with Gasteiger partial charge in [0.05, 0.1) is 11.6 Å². The molecule has 0 radical (unpaired) electrons. The zero-order valence-corrected chi connectivity index (χ0v) is 11.0. The summed E-state index contributed by atoms with van der Waals surface area (Å²) in [6.07, 6.45) is 2.49. The first-order valence-corrected chi connectivity index (χ1v) is 6.21. The molecule has 0 unspecified atom stereocenters. The standard InChI is InChI=1S/C14H14ClN3O/c15-13-9-11(4-5-12(13)14(16)17)19-8-6-10-3-1-2-7-18-10/h1-5,7,9H,6,8H2,(H3,16,17). The number of nitrogens with two attached hydrogens (primary N) is 1. The smallest absolute Gasteiger partial charge is 0.124 e. The monoisotopic (exact) mass is 275 g/mol. The molecule has 0 saturated carbocycles. The Morgan fingerprint density at radius 1 is 1.32 bits per heavy atom. The van der Waals surface area contributed by atoms with E-state index in [0.717, 1.165) is 12.1 Å². The van der Waals surface area contributed by atoms with E-state index in [-0.39, 0.29) is 5.84 Å². The third kappa shape index (κ3) is 3.69. The molecule has 19 heavy (non-hydrogen) atoms. The van der Waals surface area contributed by atoms with E-state index in [9.17, 15) is 0 Å². The van der Waals surface area contributed by atoms with Crippen molar-refractivity contribution in [3.63, 3.8) is 0 Å². The molecule has 98 valence electrons. The van der Waals surface area contributed by atoms with Gasteiger partial charge in [-0.2, -0.15) is 0 Å². The Kier molecular flexibility index (Phi) is 4.36. The van der Waals surface area contributed by atoms with Gasteiger partial charge in [-0.1, -0.05) is 17.7 Å². The number of rotatable bonds is 5. The van der Waals surface area contributed by atoms with Crippen LogP contribution in [0.15, 0.2) is 42.6 Å². The van der Waals surface area contributed by atoms with Crippen molar-refractivity contribution in [2.45, 2.75) is 6.42 Å².